The molecule has 0 radical (unpaired) electrons. The van der Waals surface area contributed by atoms with Crippen LogP contribution in [0.15, 0.2) is 231 Å². The van der Waals surface area contributed by atoms with Gasteiger partial charge < -0.3 is 9.80 Å². The molecule has 0 unspecified atom stereocenters. The standard InChI is InChI=1S/C73H60N2/c1-71(2)65-43-49(27-29-51-33-39-61-63-41-35-57(47-69(63)72(3,4)67(61)45-51)74(53-19-11-7-12-20-53)54-21-13-8-14-22-54)31-37-59(65)60-38-32-50(44-66(60)71)28-30-52-34-40-62-64-42-36-58(48-70(64)73(5,6)68(62)46-52)75(55-23-15-9-16-24-55)56-25-17-10-18-26-56/h7-48H,1-6H3/b29-27+,30-28+. The normalized spacial score (nSPS) is 14.7. The zero-order valence-electron chi connectivity index (χ0n) is 43.6. The predicted octanol–water partition coefficient (Wildman–Crippen LogP) is 19.9. The highest BCUT2D eigenvalue weighted by atomic mass is 15.1. The molecular formula is C73H60N2. The molecule has 0 saturated heterocycles. The summed E-state index contributed by atoms with van der Waals surface area (Å²) in [7, 11) is 0. The molecule has 10 aromatic carbocycles. The van der Waals surface area contributed by atoms with E-state index in [-0.39, 0.29) is 16.2 Å². The summed E-state index contributed by atoms with van der Waals surface area (Å²) in [6, 6.07) is 84.8. The van der Waals surface area contributed by atoms with Gasteiger partial charge in [0.1, 0.15) is 0 Å². The van der Waals surface area contributed by atoms with Crippen molar-refractivity contribution in [1.82, 2.24) is 0 Å². The van der Waals surface area contributed by atoms with Gasteiger partial charge in [0, 0.05) is 50.4 Å². The quantitative estimate of drug-likeness (QED) is 0.126. The monoisotopic (exact) mass is 964 g/mol. The fourth-order valence-electron chi connectivity index (χ4n) is 12.5. The van der Waals surface area contributed by atoms with E-state index in [1.54, 1.807) is 0 Å². The van der Waals surface area contributed by atoms with Gasteiger partial charge in [0.2, 0.25) is 0 Å². The molecule has 0 aromatic heterocycles. The van der Waals surface area contributed by atoms with E-state index in [4.69, 9.17) is 0 Å². The number of anilines is 6. The van der Waals surface area contributed by atoms with E-state index in [2.05, 4.69) is 306 Å². The lowest BCUT2D eigenvalue weighted by Gasteiger charge is -2.28. The van der Waals surface area contributed by atoms with Crippen molar-refractivity contribution in [3.05, 3.63) is 286 Å². The Kier molecular flexibility index (Phi) is 10.9. The van der Waals surface area contributed by atoms with Crippen molar-refractivity contribution < 1.29 is 0 Å². The third-order valence-corrected chi connectivity index (χ3v) is 16.6. The summed E-state index contributed by atoms with van der Waals surface area (Å²) in [5.41, 5.74) is 27.5. The van der Waals surface area contributed by atoms with E-state index in [0.29, 0.717) is 0 Å². The molecule has 0 N–H and O–H groups in total. The highest BCUT2D eigenvalue weighted by Crippen LogP contribution is 2.54. The Hall–Kier alpha value is -8.72. The van der Waals surface area contributed by atoms with Gasteiger partial charge in [-0.2, -0.15) is 0 Å². The number of hydrogen-bond acceptors (Lipinski definition) is 2. The molecule has 0 amide bonds. The lowest BCUT2D eigenvalue weighted by molar-refractivity contribution is 0.660. The minimum Gasteiger partial charge on any atom is -0.310 e. The zero-order chi connectivity index (χ0) is 51.1. The number of fused-ring (bicyclic) bond motifs is 9. The molecule has 0 atom stereocenters. The van der Waals surface area contributed by atoms with Gasteiger partial charge in [-0.15, -0.1) is 0 Å². The van der Waals surface area contributed by atoms with Crippen molar-refractivity contribution in [2.45, 2.75) is 57.8 Å². The van der Waals surface area contributed by atoms with Crippen LogP contribution in [0.3, 0.4) is 0 Å². The lowest BCUT2D eigenvalue weighted by Crippen LogP contribution is -2.16. The number of hydrogen-bond donors (Lipinski definition) is 0. The molecule has 0 bridgehead atoms. The molecule has 2 heteroatoms. The van der Waals surface area contributed by atoms with Gasteiger partial charge >= 0.3 is 0 Å². The Bertz CT molecular complexity index is 3560. The summed E-state index contributed by atoms with van der Waals surface area (Å²) in [6.07, 6.45) is 9.16. The third kappa shape index (κ3) is 7.78. The molecule has 2 nitrogen and oxygen atoms in total. The molecule has 362 valence electrons. The first kappa shape index (κ1) is 46.1. The maximum Gasteiger partial charge on any atom is 0.0465 e. The van der Waals surface area contributed by atoms with Gasteiger partial charge in [-0.1, -0.05) is 224 Å². The van der Waals surface area contributed by atoms with Gasteiger partial charge in [0.15, 0.2) is 0 Å². The summed E-state index contributed by atoms with van der Waals surface area (Å²) in [5.74, 6) is 0. The minimum absolute atomic E-state index is 0.143. The summed E-state index contributed by atoms with van der Waals surface area (Å²) < 4.78 is 0. The van der Waals surface area contributed by atoms with Crippen LogP contribution in [-0.4, -0.2) is 0 Å². The second-order valence-corrected chi connectivity index (χ2v) is 22.2. The number of para-hydroxylation sites is 4. The average Bonchev–Trinajstić information content (AvgIpc) is 4.05. The van der Waals surface area contributed by atoms with Crippen LogP contribution in [0.25, 0.3) is 57.7 Å². The van der Waals surface area contributed by atoms with Gasteiger partial charge in [-0.3, -0.25) is 0 Å². The van der Waals surface area contributed by atoms with Crippen LogP contribution in [0.2, 0.25) is 0 Å². The van der Waals surface area contributed by atoms with Crippen LogP contribution in [0.4, 0.5) is 34.1 Å². The van der Waals surface area contributed by atoms with E-state index in [1.165, 1.54) is 89.0 Å². The molecule has 3 aliphatic carbocycles. The van der Waals surface area contributed by atoms with E-state index >= 15 is 0 Å². The predicted molar refractivity (Wildman–Crippen MR) is 319 cm³/mol. The molecule has 0 saturated carbocycles. The van der Waals surface area contributed by atoms with E-state index in [1.807, 2.05) is 0 Å². The van der Waals surface area contributed by atoms with E-state index in [9.17, 15) is 0 Å². The molecule has 0 aliphatic heterocycles. The Morgan fingerprint density at radius 3 is 0.680 bits per heavy atom. The van der Waals surface area contributed by atoms with Crippen LogP contribution in [0.5, 0.6) is 0 Å². The van der Waals surface area contributed by atoms with Crippen LogP contribution in [0.1, 0.15) is 97.2 Å². The Morgan fingerprint density at radius 1 is 0.227 bits per heavy atom. The molecule has 0 fully saturated rings. The first-order valence-corrected chi connectivity index (χ1v) is 26.5. The molecule has 13 rings (SSSR count). The van der Waals surface area contributed by atoms with Crippen molar-refractivity contribution in [2.75, 3.05) is 9.80 Å². The van der Waals surface area contributed by atoms with Crippen LogP contribution < -0.4 is 9.80 Å². The lowest BCUT2D eigenvalue weighted by atomic mass is 9.81. The molecule has 3 aliphatic rings. The van der Waals surface area contributed by atoms with Crippen LogP contribution in [-0.2, 0) is 16.2 Å². The highest BCUT2D eigenvalue weighted by molar-refractivity contribution is 5.90. The maximum absolute atomic E-state index is 2.41. The Morgan fingerprint density at radius 2 is 0.440 bits per heavy atom. The largest absolute Gasteiger partial charge is 0.310 e. The molecule has 0 spiro atoms. The first-order valence-electron chi connectivity index (χ1n) is 26.5. The number of benzene rings is 10. The van der Waals surface area contributed by atoms with Gasteiger partial charge in [-0.05, 0) is 162 Å². The van der Waals surface area contributed by atoms with E-state index in [0.717, 1.165) is 34.1 Å². The molecule has 0 heterocycles. The van der Waals surface area contributed by atoms with Crippen molar-refractivity contribution in [1.29, 1.82) is 0 Å². The maximum atomic E-state index is 2.41. The van der Waals surface area contributed by atoms with Gasteiger partial charge in [-0.25, -0.2) is 0 Å². The smallest absolute Gasteiger partial charge is 0.0465 e. The Labute approximate surface area is 443 Å². The van der Waals surface area contributed by atoms with E-state index < -0.39 is 0 Å². The average molecular weight is 965 g/mol. The SMILES string of the molecule is CC1(C)c2cc(/C=C/c3ccc4c(c3)C(C)(C)c3cc(N(c5ccccc5)c5ccccc5)ccc3-4)ccc2-c2ccc(/C=C/c3ccc4c(c3)C(C)(C)c3cc(N(c5ccccc5)c5ccccc5)ccc3-4)cc21. The van der Waals surface area contributed by atoms with Crippen LogP contribution in [0, 0.1) is 0 Å². The molecule has 10 aromatic rings. The number of nitrogens with zero attached hydrogens (tertiary/aromatic N) is 2. The third-order valence-electron chi connectivity index (χ3n) is 16.6. The Balaban J connectivity index is 0.731. The highest BCUT2D eigenvalue weighted by Gasteiger charge is 2.39. The molecule has 75 heavy (non-hydrogen) atoms. The molecular weight excluding hydrogens is 905 g/mol. The van der Waals surface area contributed by atoms with Crippen molar-refractivity contribution in [2.24, 2.45) is 0 Å². The first-order chi connectivity index (χ1) is 36.4. The van der Waals surface area contributed by atoms with Gasteiger partial charge in [0.25, 0.3) is 0 Å². The topological polar surface area (TPSA) is 6.48 Å². The van der Waals surface area contributed by atoms with Crippen molar-refractivity contribution in [3.63, 3.8) is 0 Å². The fourth-order valence-corrected chi connectivity index (χ4v) is 12.5. The van der Waals surface area contributed by atoms with Crippen LogP contribution >= 0.6 is 0 Å². The number of rotatable bonds is 10. The second-order valence-electron chi connectivity index (χ2n) is 22.2. The van der Waals surface area contributed by atoms with Gasteiger partial charge in [0.05, 0.1) is 0 Å². The summed E-state index contributed by atoms with van der Waals surface area (Å²) in [4.78, 5) is 4.72. The minimum atomic E-state index is -0.161. The fraction of sp³-hybridized carbons (Fsp3) is 0.123. The zero-order valence-corrected chi connectivity index (χ0v) is 43.6. The summed E-state index contributed by atoms with van der Waals surface area (Å²) >= 11 is 0. The second kappa shape index (κ2) is 17.7. The van der Waals surface area contributed by atoms with Crippen molar-refractivity contribution >= 4 is 58.4 Å². The summed E-state index contributed by atoms with van der Waals surface area (Å²) in [6.45, 7) is 14.3. The summed E-state index contributed by atoms with van der Waals surface area (Å²) in [5, 5.41) is 0. The van der Waals surface area contributed by atoms with Crippen molar-refractivity contribution in [3.8, 4) is 33.4 Å².